The number of nitrogens with zero attached hydrogens (tertiary/aromatic N) is 2. The van der Waals surface area contributed by atoms with Crippen molar-refractivity contribution in [2.45, 2.75) is 39.5 Å². The van der Waals surface area contributed by atoms with Crippen LogP contribution in [0.25, 0.3) is 0 Å². The number of hydrogen-bond donors (Lipinski definition) is 0. The van der Waals surface area contributed by atoms with E-state index in [1.54, 1.807) is 0 Å². The average molecular weight is 346 g/mol. The highest BCUT2D eigenvalue weighted by Gasteiger charge is 2.20. The molecule has 0 unspecified atom stereocenters. The van der Waals surface area contributed by atoms with Gasteiger partial charge in [0, 0.05) is 32.6 Å². The highest BCUT2D eigenvalue weighted by Crippen LogP contribution is 2.10. The van der Waals surface area contributed by atoms with Crippen LogP contribution in [0.5, 0.6) is 0 Å². The molecule has 138 valence electrons. The van der Waals surface area contributed by atoms with E-state index in [-0.39, 0.29) is 11.9 Å². The van der Waals surface area contributed by atoms with Gasteiger partial charge in [0.25, 0.3) is 0 Å². The maximum Gasteiger partial charge on any atom is 0.320 e. The maximum atomic E-state index is 12.5. The first-order valence-electron chi connectivity index (χ1n) is 9.36. The first-order chi connectivity index (χ1) is 12.1. The lowest BCUT2D eigenvalue weighted by Gasteiger charge is -2.21. The normalized spacial score (nSPS) is 15.7. The molecule has 1 aliphatic rings. The van der Waals surface area contributed by atoms with Gasteiger partial charge in [-0.15, -0.1) is 0 Å². The Hall–Kier alpha value is -1.88. The molecule has 5 heteroatoms. The van der Waals surface area contributed by atoms with E-state index in [4.69, 9.17) is 4.74 Å². The summed E-state index contributed by atoms with van der Waals surface area (Å²) in [6, 6.07) is 8.52. The molecule has 0 aliphatic carbocycles. The molecule has 0 bridgehead atoms. The van der Waals surface area contributed by atoms with Gasteiger partial charge in [0.15, 0.2) is 0 Å². The van der Waals surface area contributed by atoms with Crippen LogP contribution in [0.4, 0.5) is 0 Å². The van der Waals surface area contributed by atoms with E-state index < -0.39 is 0 Å². The molecule has 2 rings (SSSR count). The van der Waals surface area contributed by atoms with Gasteiger partial charge < -0.3 is 9.64 Å². The molecule has 5 nitrogen and oxygen atoms in total. The van der Waals surface area contributed by atoms with Gasteiger partial charge in [0.1, 0.15) is 0 Å². The molecule has 0 saturated carbocycles. The average Bonchev–Trinajstić information content (AvgIpc) is 2.86. The smallest absolute Gasteiger partial charge is 0.320 e. The molecule has 1 aromatic rings. The molecule has 0 radical (unpaired) electrons. The standard InChI is InChI=1S/C20H30N2O3/c1-3-17-6-8-18(9-7-17)10-11-19(23)22-13-5-12-21(14-15-22)16-20(24)25-4-2/h6-9H,3-5,10-16H2,1-2H3. The summed E-state index contributed by atoms with van der Waals surface area (Å²) in [5, 5.41) is 0. The third-order valence-electron chi connectivity index (χ3n) is 4.66. The van der Waals surface area contributed by atoms with Crippen LogP contribution < -0.4 is 0 Å². The number of amides is 1. The number of esters is 1. The first-order valence-corrected chi connectivity index (χ1v) is 9.36. The lowest BCUT2D eigenvalue weighted by molar-refractivity contribution is -0.144. The monoisotopic (exact) mass is 346 g/mol. The number of carbonyl (C=O) groups excluding carboxylic acids is 2. The Morgan fingerprint density at radius 1 is 1.00 bits per heavy atom. The second-order valence-corrected chi connectivity index (χ2v) is 6.49. The molecule has 1 heterocycles. The quantitative estimate of drug-likeness (QED) is 0.711. The first kappa shape index (κ1) is 19.4. The van der Waals surface area contributed by atoms with Gasteiger partial charge in [-0.2, -0.15) is 0 Å². The summed E-state index contributed by atoms with van der Waals surface area (Å²) in [5.41, 5.74) is 2.54. The van der Waals surface area contributed by atoms with E-state index in [2.05, 4.69) is 36.1 Å². The van der Waals surface area contributed by atoms with Gasteiger partial charge in [-0.1, -0.05) is 31.2 Å². The minimum absolute atomic E-state index is 0.183. The van der Waals surface area contributed by atoms with Crippen molar-refractivity contribution in [2.24, 2.45) is 0 Å². The zero-order valence-electron chi connectivity index (χ0n) is 15.5. The van der Waals surface area contributed by atoms with Crippen LogP contribution in [0.2, 0.25) is 0 Å². The zero-order valence-corrected chi connectivity index (χ0v) is 15.5. The van der Waals surface area contributed by atoms with Crippen LogP contribution in [0.1, 0.15) is 37.8 Å². The summed E-state index contributed by atoms with van der Waals surface area (Å²) in [6.45, 7) is 7.71. The SMILES string of the molecule is CCOC(=O)CN1CCCN(C(=O)CCc2ccc(CC)cc2)CC1. The number of aryl methyl sites for hydroxylation is 2. The van der Waals surface area contributed by atoms with Crippen molar-refractivity contribution in [2.75, 3.05) is 39.3 Å². The lowest BCUT2D eigenvalue weighted by atomic mass is 10.1. The van der Waals surface area contributed by atoms with E-state index in [9.17, 15) is 9.59 Å². The van der Waals surface area contributed by atoms with Crippen LogP contribution in [-0.4, -0.2) is 61.0 Å². The largest absolute Gasteiger partial charge is 0.465 e. The van der Waals surface area contributed by atoms with E-state index in [0.717, 1.165) is 38.9 Å². The Morgan fingerprint density at radius 3 is 2.40 bits per heavy atom. The predicted octanol–water partition coefficient (Wildman–Crippen LogP) is 2.28. The van der Waals surface area contributed by atoms with Crippen molar-refractivity contribution in [1.82, 2.24) is 9.80 Å². The Bertz CT molecular complexity index is 557. The molecule has 0 aromatic heterocycles. The Labute approximate surface area is 150 Å². The summed E-state index contributed by atoms with van der Waals surface area (Å²) >= 11 is 0. The van der Waals surface area contributed by atoms with Crippen molar-refractivity contribution in [3.63, 3.8) is 0 Å². The van der Waals surface area contributed by atoms with Gasteiger partial charge >= 0.3 is 5.97 Å². The zero-order chi connectivity index (χ0) is 18.1. The molecule has 1 fully saturated rings. The van der Waals surface area contributed by atoms with Gasteiger partial charge in [-0.05, 0) is 37.3 Å². The van der Waals surface area contributed by atoms with Crippen molar-refractivity contribution >= 4 is 11.9 Å². The fraction of sp³-hybridized carbons (Fsp3) is 0.600. The summed E-state index contributed by atoms with van der Waals surface area (Å²) in [4.78, 5) is 28.1. The number of hydrogen-bond acceptors (Lipinski definition) is 4. The Kier molecular flexibility index (Phi) is 7.92. The third kappa shape index (κ3) is 6.50. The molecule has 1 aliphatic heterocycles. The highest BCUT2D eigenvalue weighted by molar-refractivity contribution is 5.76. The Morgan fingerprint density at radius 2 is 1.72 bits per heavy atom. The van der Waals surface area contributed by atoms with Gasteiger partial charge in [-0.25, -0.2) is 0 Å². The van der Waals surface area contributed by atoms with Gasteiger partial charge in [0.2, 0.25) is 5.91 Å². The van der Waals surface area contributed by atoms with Gasteiger partial charge in [0.05, 0.1) is 13.2 Å². The minimum atomic E-state index is -0.183. The van der Waals surface area contributed by atoms with Crippen molar-refractivity contribution in [3.8, 4) is 0 Å². The van der Waals surface area contributed by atoms with Crippen LogP contribution in [0.3, 0.4) is 0 Å². The van der Waals surface area contributed by atoms with Crippen molar-refractivity contribution < 1.29 is 14.3 Å². The molecule has 0 spiro atoms. The van der Waals surface area contributed by atoms with Crippen LogP contribution >= 0.6 is 0 Å². The summed E-state index contributed by atoms with van der Waals surface area (Å²) < 4.78 is 5.00. The molecular formula is C20H30N2O3. The molecule has 0 N–H and O–H groups in total. The third-order valence-corrected chi connectivity index (χ3v) is 4.66. The number of rotatable bonds is 7. The van der Waals surface area contributed by atoms with Crippen LogP contribution in [-0.2, 0) is 27.2 Å². The minimum Gasteiger partial charge on any atom is -0.465 e. The molecule has 1 aromatic carbocycles. The van der Waals surface area contributed by atoms with E-state index in [1.807, 2.05) is 11.8 Å². The van der Waals surface area contributed by atoms with Crippen molar-refractivity contribution in [1.29, 1.82) is 0 Å². The van der Waals surface area contributed by atoms with Crippen LogP contribution in [0.15, 0.2) is 24.3 Å². The molecule has 0 atom stereocenters. The molecule has 1 saturated heterocycles. The van der Waals surface area contributed by atoms with E-state index >= 15 is 0 Å². The number of carbonyl (C=O) groups is 2. The fourth-order valence-corrected chi connectivity index (χ4v) is 3.12. The Balaban J connectivity index is 1.76. The van der Waals surface area contributed by atoms with Crippen molar-refractivity contribution in [3.05, 3.63) is 35.4 Å². The second-order valence-electron chi connectivity index (χ2n) is 6.49. The number of ether oxygens (including phenoxy) is 1. The molecular weight excluding hydrogens is 316 g/mol. The molecule has 25 heavy (non-hydrogen) atoms. The summed E-state index contributed by atoms with van der Waals surface area (Å²) in [7, 11) is 0. The molecule has 1 amide bonds. The predicted molar refractivity (Wildman–Crippen MR) is 98.4 cm³/mol. The van der Waals surface area contributed by atoms with E-state index in [0.29, 0.717) is 26.1 Å². The second kappa shape index (κ2) is 10.2. The van der Waals surface area contributed by atoms with Crippen LogP contribution in [0, 0.1) is 0 Å². The number of benzene rings is 1. The fourth-order valence-electron chi connectivity index (χ4n) is 3.12. The highest BCUT2D eigenvalue weighted by atomic mass is 16.5. The van der Waals surface area contributed by atoms with E-state index in [1.165, 1.54) is 11.1 Å². The van der Waals surface area contributed by atoms with Gasteiger partial charge in [-0.3, -0.25) is 14.5 Å². The topological polar surface area (TPSA) is 49.9 Å². The maximum absolute atomic E-state index is 12.5. The lowest BCUT2D eigenvalue weighted by Crippen LogP contribution is -2.37. The summed E-state index contributed by atoms with van der Waals surface area (Å²) in [5.74, 6) is 0.0235. The summed E-state index contributed by atoms with van der Waals surface area (Å²) in [6.07, 6.45) is 3.26.